The first-order chi connectivity index (χ1) is 14.0. The van der Waals surface area contributed by atoms with Crippen LogP contribution >= 0.6 is 0 Å². The minimum atomic E-state index is -0.578. The Kier molecular flexibility index (Phi) is 5.32. The highest BCUT2D eigenvalue weighted by Gasteiger charge is 2.39. The fourth-order valence-corrected chi connectivity index (χ4v) is 4.49. The Morgan fingerprint density at radius 3 is 2.76 bits per heavy atom. The molecule has 1 aliphatic carbocycles. The normalized spacial score (nSPS) is 27.2. The smallest absolute Gasteiger partial charge is 0.255 e. The highest BCUT2D eigenvalue weighted by Crippen LogP contribution is 2.30. The number of imide groups is 1. The molecule has 7 nitrogen and oxygen atoms in total. The lowest BCUT2D eigenvalue weighted by molar-refractivity contribution is -0.402. The van der Waals surface area contributed by atoms with Crippen LogP contribution in [0.15, 0.2) is 30.4 Å². The third kappa shape index (κ3) is 3.74. The number of nitrogens with one attached hydrogen (secondary N) is 2. The van der Waals surface area contributed by atoms with Gasteiger partial charge in [-0.15, -0.1) is 0 Å². The molecule has 152 valence electrons. The van der Waals surface area contributed by atoms with Crippen LogP contribution in [0.1, 0.15) is 41.6 Å². The van der Waals surface area contributed by atoms with Crippen LogP contribution in [0.5, 0.6) is 0 Å². The SMILES string of the molecule is CN[C@H]1CC=CCC1/C=[N+](\C)c1ccc2c(c1)CN(C1CCC(=O)NC1=O)C2=O. The van der Waals surface area contributed by atoms with Crippen molar-refractivity contribution in [3.8, 4) is 0 Å². The Morgan fingerprint density at radius 2 is 2.00 bits per heavy atom. The molecule has 2 N–H and O–H groups in total. The van der Waals surface area contributed by atoms with Crippen molar-refractivity contribution < 1.29 is 19.0 Å². The van der Waals surface area contributed by atoms with Gasteiger partial charge in [0.1, 0.15) is 13.1 Å². The number of piperidine rings is 1. The van der Waals surface area contributed by atoms with E-state index in [0.717, 1.165) is 24.1 Å². The Bertz CT molecular complexity index is 921. The fraction of sp³-hybridized carbons (Fsp3) is 0.455. The van der Waals surface area contributed by atoms with Crippen LogP contribution in [0.4, 0.5) is 5.69 Å². The summed E-state index contributed by atoms with van der Waals surface area (Å²) in [5, 5.41) is 5.73. The number of carbonyl (C=O) groups is 3. The molecular weight excluding hydrogens is 368 g/mol. The minimum absolute atomic E-state index is 0.139. The highest BCUT2D eigenvalue weighted by atomic mass is 16.2. The molecule has 0 saturated carbocycles. The van der Waals surface area contributed by atoms with Gasteiger partial charge in [0.15, 0.2) is 6.21 Å². The lowest BCUT2D eigenvalue weighted by Crippen LogP contribution is -2.52. The van der Waals surface area contributed by atoms with Crippen LogP contribution in [-0.4, -0.2) is 59.6 Å². The van der Waals surface area contributed by atoms with E-state index < -0.39 is 6.04 Å². The molecule has 0 bridgehead atoms. The number of benzene rings is 1. The van der Waals surface area contributed by atoms with Gasteiger partial charge in [-0.25, -0.2) is 4.58 Å². The van der Waals surface area contributed by atoms with Crippen molar-refractivity contribution in [3.05, 3.63) is 41.5 Å². The summed E-state index contributed by atoms with van der Waals surface area (Å²) in [6.07, 6.45) is 9.35. The lowest BCUT2D eigenvalue weighted by atomic mass is 9.90. The van der Waals surface area contributed by atoms with Crippen LogP contribution in [0.3, 0.4) is 0 Å². The third-order valence-electron chi connectivity index (χ3n) is 6.18. The third-order valence-corrected chi connectivity index (χ3v) is 6.18. The van der Waals surface area contributed by atoms with Crippen LogP contribution in [0, 0.1) is 5.92 Å². The summed E-state index contributed by atoms with van der Waals surface area (Å²) < 4.78 is 2.12. The molecule has 29 heavy (non-hydrogen) atoms. The van der Waals surface area contributed by atoms with Gasteiger partial charge in [0.25, 0.3) is 5.91 Å². The highest BCUT2D eigenvalue weighted by molar-refractivity contribution is 6.05. The summed E-state index contributed by atoms with van der Waals surface area (Å²) in [6, 6.07) is 5.67. The largest absolute Gasteiger partial charge is 0.322 e. The van der Waals surface area contributed by atoms with Gasteiger partial charge in [-0.1, -0.05) is 12.2 Å². The number of hydrogen-bond acceptors (Lipinski definition) is 4. The summed E-state index contributed by atoms with van der Waals surface area (Å²) in [6.45, 7) is 0.396. The van der Waals surface area contributed by atoms with Crippen LogP contribution in [0.2, 0.25) is 0 Å². The molecule has 3 atom stereocenters. The summed E-state index contributed by atoms with van der Waals surface area (Å²) >= 11 is 0. The quantitative estimate of drug-likeness (QED) is 0.349. The topological polar surface area (TPSA) is 81.5 Å². The first-order valence-corrected chi connectivity index (χ1v) is 10.2. The van der Waals surface area contributed by atoms with Gasteiger partial charge in [-0.2, -0.15) is 0 Å². The zero-order valence-electron chi connectivity index (χ0n) is 16.9. The molecule has 4 rings (SSSR count). The van der Waals surface area contributed by atoms with Gasteiger partial charge in [0, 0.05) is 36.7 Å². The fourth-order valence-electron chi connectivity index (χ4n) is 4.49. The van der Waals surface area contributed by atoms with Crippen molar-refractivity contribution in [3.63, 3.8) is 0 Å². The molecule has 1 aromatic carbocycles. The van der Waals surface area contributed by atoms with Crippen molar-refractivity contribution in [2.45, 2.75) is 44.3 Å². The standard InChI is InChI=1S/C22H26N4O3/c1-23-18-6-4-3-5-14(18)12-25(2)16-7-8-17-15(11-16)13-26(22(17)29)19-9-10-20(27)24-21(19)28/h3-4,7-8,11-12,14,18-19,23H,5-6,9-10,13H2,1-2H3/p+1/b25-12+/t14?,18-,19?/m0/s1. The Morgan fingerprint density at radius 1 is 1.21 bits per heavy atom. The maximum absolute atomic E-state index is 12.8. The number of allylic oxidation sites excluding steroid dienone is 1. The molecule has 1 fully saturated rings. The van der Waals surface area contributed by atoms with Crippen LogP contribution < -0.4 is 10.6 Å². The number of amides is 3. The van der Waals surface area contributed by atoms with E-state index in [1.807, 2.05) is 32.3 Å². The van der Waals surface area contributed by atoms with E-state index in [1.165, 1.54) is 0 Å². The Hall–Kier alpha value is -2.80. The van der Waals surface area contributed by atoms with Gasteiger partial charge >= 0.3 is 0 Å². The van der Waals surface area contributed by atoms with Gasteiger partial charge in [-0.3, -0.25) is 19.7 Å². The van der Waals surface area contributed by atoms with Crippen LogP contribution in [-0.2, 0) is 16.1 Å². The molecule has 0 aromatic heterocycles. The summed E-state index contributed by atoms with van der Waals surface area (Å²) in [5.74, 6) is -0.381. The Balaban J connectivity index is 1.54. The van der Waals surface area contributed by atoms with Crippen molar-refractivity contribution in [1.82, 2.24) is 15.5 Å². The summed E-state index contributed by atoms with van der Waals surface area (Å²) in [5.41, 5.74) is 2.58. The first-order valence-electron chi connectivity index (χ1n) is 10.2. The van der Waals surface area contributed by atoms with Gasteiger partial charge in [0.2, 0.25) is 17.5 Å². The average Bonchev–Trinajstić information content (AvgIpc) is 3.04. The number of rotatable bonds is 4. The predicted molar refractivity (Wildman–Crippen MR) is 109 cm³/mol. The van der Waals surface area contributed by atoms with Gasteiger partial charge in [0.05, 0.1) is 5.92 Å². The molecule has 3 aliphatic rings. The van der Waals surface area contributed by atoms with Crippen LogP contribution in [0.25, 0.3) is 0 Å². The summed E-state index contributed by atoms with van der Waals surface area (Å²) in [4.78, 5) is 38.0. The number of nitrogens with zero attached hydrogens (tertiary/aromatic N) is 2. The second-order valence-electron chi connectivity index (χ2n) is 8.00. The molecule has 0 spiro atoms. The van der Waals surface area contributed by atoms with Crippen molar-refractivity contribution >= 4 is 29.6 Å². The zero-order chi connectivity index (χ0) is 20.5. The second-order valence-corrected chi connectivity index (χ2v) is 8.00. The number of carbonyl (C=O) groups excluding carboxylic acids is 3. The molecule has 2 aliphatic heterocycles. The molecule has 7 heteroatoms. The number of fused-ring (bicyclic) bond motifs is 1. The van der Waals surface area contributed by atoms with Crippen molar-refractivity contribution in [2.24, 2.45) is 5.92 Å². The van der Waals surface area contributed by atoms with Crippen molar-refractivity contribution in [1.29, 1.82) is 0 Å². The zero-order valence-corrected chi connectivity index (χ0v) is 16.9. The minimum Gasteiger partial charge on any atom is -0.322 e. The van der Waals surface area contributed by atoms with E-state index in [4.69, 9.17) is 0 Å². The molecule has 1 aromatic rings. The van der Waals surface area contributed by atoms with E-state index in [9.17, 15) is 14.4 Å². The average molecular weight is 395 g/mol. The molecule has 2 heterocycles. The molecule has 1 saturated heterocycles. The Labute approximate surface area is 170 Å². The first kappa shape index (κ1) is 19.5. The summed E-state index contributed by atoms with van der Waals surface area (Å²) in [7, 11) is 4.02. The number of hydrogen-bond donors (Lipinski definition) is 2. The molecular formula is C22H27N4O3+. The predicted octanol–water partition coefficient (Wildman–Crippen LogP) is 1.35. The van der Waals surface area contributed by atoms with E-state index in [0.29, 0.717) is 30.5 Å². The van der Waals surface area contributed by atoms with E-state index >= 15 is 0 Å². The van der Waals surface area contributed by atoms with Gasteiger partial charge in [-0.05, 0) is 37.9 Å². The lowest BCUT2D eigenvalue weighted by Gasteiger charge is -2.29. The van der Waals surface area contributed by atoms with E-state index in [1.54, 1.807) is 4.90 Å². The van der Waals surface area contributed by atoms with E-state index in [-0.39, 0.29) is 24.1 Å². The molecule has 3 amide bonds. The monoisotopic (exact) mass is 395 g/mol. The maximum atomic E-state index is 12.8. The van der Waals surface area contributed by atoms with Crippen molar-refractivity contribution in [2.75, 3.05) is 14.1 Å². The molecule has 0 radical (unpaired) electrons. The second kappa shape index (κ2) is 7.91. The molecule has 2 unspecified atom stereocenters. The maximum Gasteiger partial charge on any atom is 0.255 e. The van der Waals surface area contributed by atoms with Gasteiger partial charge < -0.3 is 10.2 Å². The van der Waals surface area contributed by atoms with E-state index in [2.05, 4.69) is 33.6 Å².